The molecule has 0 fully saturated rings. The molecular weight excluding hydrogens is 293 g/mol. The van der Waals surface area contributed by atoms with Crippen LogP contribution < -0.4 is 0 Å². The van der Waals surface area contributed by atoms with Crippen molar-refractivity contribution in [2.45, 2.75) is 30.8 Å². The van der Waals surface area contributed by atoms with Gasteiger partial charge in [0, 0.05) is 5.33 Å². The maximum absolute atomic E-state index is 13.0. The number of allylic oxidation sites excluding steroid dienone is 2. The first-order chi connectivity index (χ1) is 8.02. The van der Waals surface area contributed by atoms with Gasteiger partial charge in [-0.25, -0.2) is 0 Å². The minimum absolute atomic E-state index is 0.347. The largest absolute Gasteiger partial charge is 0.417 e. The Balaban J connectivity index is 2.50. The normalized spacial score (nSPS) is 16.1. The number of alkyl halides is 4. The Morgan fingerprint density at radius 2 is 2.00 bits per heavy atom. The summed E-state index contributed by atoms with van der Waals surface area (Å²) in [6, 6.07) is 4.58. The van der Waals surface area contributed by atoms with Gasteiger partial charge in [-0.3, -0.25) is 0 Å². The van der Waals surface area contributed by atoms with E-state index >= 15 is 0 Å². The predicted molar refractivity (Wildman–Crippen MR) is 65.9 cm³/mol. The van der Waals surface area contributed by atoms with Gasteiger partial charge in [-0.2, -0.15) is 13.2 Å². The van der Waals surface area contributed by atoms with Crippen molar-refractivity contribution in [3.05, 3.63) is 41.0 Å². The van der Waals surface area contributed by atoms with Crippen molar-refractivity contribution in [1.82, 2.24) is 0 Å². The molecule has 0 saturated carbocycles. The van der Waals surface area contributed by atoms with Gasteiger partial charge in [-0.1, -0.05) is 34.1 Å². The van der Waals surface area contributed by atoms with Gasteiger partial charge in [-0.05, 0) is 42.0 Å². The van der Waals surface area contributed by atoms with Crippen molar-refractivity contribution in [2.24, 2.45) is 0 Å². The summed E-state index contributed by atoms with van der Waals surface area (Å²) in [5, 5.41) is 0.440. The highest BCUT2D eigenvalue weighted by molar-refractivity contribution is 9.08. The van der Waals surface area contributed by atoms with E-state index in [0.29, 0.717) is 16.5 Å². The minimum Gasteiger partial charge on any atom is -0.166 e. The SMILES string of the molecule is FC(F)(F)c1cc(CBr)ccc1C1=CCCC1. The van der Waals surface area contributed by atoms with Crippen LogP contribution in [0.3, 0.4) is 0 Å². The first-order valence-corrected chi connectivity index (χ1v) is 6.60. The molecule has 0 amide bonds. The number of hydrogen-bond donors (Lipinski definition) is 0. The second kappa shape index (κ2) is 4.84. The van der Waals surface area contributed by atoms with Crippen LogP contribution in [0.5, 0.6) is 0 Å². The first-order valence-electron chi connectivity index (χ1n) is 5.48. The van der Waals surface area contributed by atoms with Crippen LogP contribution in [0.15, 0.2) is 24.3 Å². The van der Waals surface area contributed by atoms with Crippen LogP contribution in [-0.2, 0) is 11.5 Å². The molecule has 1 aliphatic rings. The summed E-state index contributed by atoms with van der Waals surface area (Å²) in [5.74, 6) is 0. The third-order valence-electron chi connectivity index (χ3n) is 2.93. The Bertz CT molecular complexity index is 446. The molecule has 0 saturated heterocycles. The molecule has 0 N–H and O–H groups in total. The molecule has 0 bridgehead atoms. The first kappa shape index (κ1) is 12.7. The zero-order chi connectivity index (χ0) is 12.5. The van der Waals surface area contributed by atoms with Gasteiger partial charge >= 0.3 is 6.18 Å². The molecule has 0 heterocycles. The molecule has 0 aliphatic heterocycles. The molecule has 0 spiro atoms. The van der Waals surface area contributed by atoms with Crippen LogP contribution in [0.4, 0.5) is 13.2 Å². The van der Waals surface area contributed by atoms with Crippen LogP contribution >= 0.6 is 15.9 Å². The molecule has 1 aliphatic carbocycles. The highest BCUT2D eigenvalue weighted by Crippen LogP contribution is 2.39. The van der Waals surface area contributed by atoms with E-state index in [-0.39, 0.29) is 0 Å². The van der Waals surface area contributed by atoms with Gasteiger partial charge < -0.3 is 0 Å². The van der Waals surface area contributed by atoms with E-state index < -0.39 is 11.7 Å². The maximum Gasteiger partial charge on any atom is 0.417 e. The highest BCUT2D eigenvalue weighted by Gasteiger charge is 2.34. The zero-order valence-electron chi connectivity index (χ0n) is 9.15. The van der Waals surface area contributed by atoms with Crippen LogP contribution in [0.2, 0.25) is 0 Å². The Labute approximate surface area is 107 Å². The molecule has 0 radical (unpaired) electrons. The van der Waals surface area contributed by atoms with E-state index in [1.54, 1.807) is 12.1 Å². The maximum atomic E-state index is 13.0. The van der Waals surface area contributed by atoms with Crippen molar-refractivity contribution in [2.75, 3.05) is 0 Å². The molecular formula is C13H12BrF3. The highest BCUT2D eigenvalue weighted by atomic mass is 79.9. The molecule has 2 rings (SSSR count). The third kappa shape index (κ3) is 2.73. The molecule has 17 heavy (non-hydrogen) atoms. The average molecular weight is 305 g/mol. The number of rotatable bonds is 2. The van der Waals surface area contributed by atoms with Crippen molar-refractivity contribution in [1.29, 1.82) is 0 Å². The standard InChI is InChI=1S/C13H12BrF3/c14-8-9-5-6-11(10-3-1-2-4-10)12(7-9)13(15,16)17/h3,5-7H,1-2,4,8H2. The van der Waals surface area contributed by atoms with E-state index in [0.717, 1.165) is 24.8 Å². The summed E-state index contributed by atoms with van der Waals surface area (Å²) >= 11 is 3.18. The van der Waals surface area contributed by atoms with Gasteiger partial charge in [-0.15, -0.1) is 0 Å². The van der Waals surface area contributed by atoms with Crippen molar-refractivity contribution in [3.63, 3.8) is 0 Å². The fourth-order valence-electron chi connectivity index (χ4n) is 2.10. The molecule has 4 heteroatoms. The van der Waals surface area contributed by atoms with Crippen LogP contribution in [0.25, 0.3) is 5.57 Å². The average Bonchev–Trinajstić information content (AvgIpc) is 2.80. The summed E-state index contributed by atoms with van der Waals surface area (Å²) in [7, 11) is 0. The Hall–Kier alpha value is -0.770. The predicted octanol–water partition coefficient (Wildman–Crippen LogP) is 5.17. The topological polar surface area (TPSA) is 0 Å². The van der Waals surface area contributed by atoms with E-state index in [9.17, 15) is 13.2 Å². The summed E-state index contributed by atoms with van der Waals surface area (Å²) in [6.45, 7) is 0. The number of halogens is 4. The van der Waals surface area contributed by atoms with Crippen molar-refractivity contribution in [3.8, 4) is 0 Å². The Kier molecular flexibility index (Phi) is 3.61. The van der Waals surface area contributed by atoms with Crippen LogP contribution in [-0.4, -0.2) is 0 Å². The lowest BCUT2D eigenvalue weighted by molar-refractivity contribution is -0.137. The summed E-state index contributed by atoms with van der Waals surface area (Å²) < 4.78 is 38.9. The summed E-state index contributed by atoms with van der Waals surface area (Å²) in [4.78, 5) is 0. The molecule has 0 unspecified atom stereocenters. The van der Waals surface area contributed by atoms with E-state index in [1.165, 1.54) is 6.07 Å². The minimum atomic E-state index is -4.28. The lowest BCUT2D eigenvalue weighted by Crippen LogP contribution is -2.09. The molecule has 0 nitrogen and oxygen atoms in total. The van der Waals surface area contributed by atoms with E-state index in [2.05, 4.69) is 15.9 Å². The van der Waals surface area contributed by atoms with Gasteiger partial charge in [0.1, 0.15) is 0 Å². The molecule has 92 valence electrons. The van der Waals surface area contributed by atoms with Crippen molar-refractivity contribution >= 4 is 21.5 Å². The smallest absolute Gasteiger partial charge is 0.166 e. The molecule has 0 aromatic heterocycles. The quantitative estimate of drug-likeness (QED) is 0.661. The molecule has 1 aromatic carbocycles. The zero-order valence-corrected chi connectivity index (χ0v) is 10.7. The number of benzene rings is 1. The summed E-state index contributed by atoms with van der Waals surface area (Å²) in [5.41, 5.74) is 1.32. The van der Waals surface area contributed by atoms with Gasteiger partial charge in [0.05, 0.1) is 5.56 Å². The van der Waals surface area contributed by atoms with Gasteiger partial charge in [0.25, 0.3) is 0 Å². The summed E-state index contributed by atoms with van der Waals surface area (Å²) in [6.07, 6.45) is 0.214. The lowest BCUT2D eigenvalue weighted by Gasteiger charge is -2.15. The fourth-order valence-corrected chi connectivity index (χ4v) is 2.45. The molecule has 0 atom stereocenters. The second-order valence-electron chi connectivity index (χ2n) is 4.13. The van der Waals surface area contributed by atoms with Crippen LogP contribution in [0, 0.1) is 0 Å². The van der Waals surface area contributed by atoms with E-state index in [1.807, 2.05) is 6.08 Å². The molecule has 1 aromatic rings. The van der Waals surface area contributed by atoms with Crippen molar-refractivity contribution < 1.29 is 13.2 Å². The lowest BCUT2D eigenvalue weighted by atomic mass is 9.97. The van der Waals surface area contributed by atoms with Gasteiger partial charge in [0.2, 0.25) is 0 Å². The fraction of sp³-hybridized carbons (Fsp3) is 0.385. The monoisotopic (exact) mass is 304 g/mol. The third-order valence-corrected chi connectivity index (χ3v) is 3.58. The van der Waals surface area contributed by atoms with Crippen LogP contribution in [0.1, 0.15) is 36.0 Å². The van der Waals surface area contributed by atoms with Gasteiger partial charge in [0.15, 0.2) is 0 Å². The Morgan fingerprint density at radius 3 is 2.53 bits per heavy atom. The second-order valence-corrected chi connectivity index (χ2v) is 4.69. The number of hydrogen-bond acceptors (Lipinski definition) is 0. The van der Waals surface area contributed by atoms with E-state index in [4.69, 9.17) is 0 Å². The Morgan fingerprint density at radius 1 is 1.24 bits per heavy atom.